The van der Waals surface area contributed by atoms with Gasteiger partial charge in [-0.15, -0.1) is 0 Å². The van der Waals surface area contributed by atoms with Gasteiger partial charge in [0, 0.05) is 42.1 Å². The largest absolute Gasteiger partial charge is 0.339 e. The molecule has 1 aromatic heterocycles. The van der Waals surface area contributed by atoms with E-state index in [0.29, 0.717) is 34.4 Å². The van der Waals surface area contributed by atoms with Gasteiger partial charge in [0.1, 0.15) is 11.6 Å². The number of hydrogen-bond acceptors (Lipinski definition) is 5. The van der Waals surface area contributed by atoms with Crippen molar-refractivity contribution in [3.63, 3.8) is 0 Å². The van der Waals surface area contributed by atoms with Gasteiger partial charge in [-0.2, -0.15) is 0 Å². The monoisotopic (exact) mass is 683 g/mol. The molecule has 2 atom stereocenters. The van der Waals surface area contributed by atoms with Crippen molar-refractivity contribution in [3.8, 4) is 0 Å². The van der Waals surface area contributed by atoms with Crippen LogP contribution in [0.25, 0.3) is 10.9 Å². The van der Waals surface area contributed by atoms with Gasteiger partial charge in [-0.1, -0.05) is 60.7 Å². The minimum atomic E-state index is -1.23. The fourth-order valence-electron chi connectivity index (χ4n) is 7.51. The van der Waals surface area contributed by atoms with E-state index in [4.69, 9.17) is 0 Å². The third-order valence-electron chi connectivity index (χ3n) is 10.4. The summed E-state index contributed by atoms with van der Waals surface area (Å²) in [5, 5.41) is 6.78. The highest BCUT2D eigenvalue weighted by molar-refractivity contribution is 6.07. The molecule has 3 amide bonds. The molecule has 1 saturated heterocycles. The Kier molecular flexibility index (Phi) is 9.40. The Bertz CT molecular complexity index is 2080. The zero-order chi connectivity index (χ0) is 35.7. The average molecular weight is 684 g/mol. The summed E-state index contributed by atoms with van der Waals surface area (Å²) in [7, 11) is 1.69. The molecule has 2 N–H and O–H groups in total. The summed E-state index contributed by atoms with van der Waals surface area (Å²) in [5.41, 5.74) is 3.10. The first-order valence-corrected chi connectivity index (χ1v) is 17.6. The first kappa shape index (κ1) is 34.1. The van der Waals surface area contributed by atoms with Gasteiger partial charge in [0.25, 0.3) is 17.7 Å². The smallest absolute Gasteiger partial charge is 0.257 e. The number of pyridine rings is 1. The maximum Gasteiger partial charge on any atom is 0.257 e. The van der Waals surface area contributed by atoms with Gasteiger partial charge in [-0.05, 0) is 111 Å². The Balaban J connectivity index is 1.06. The van der Waals surface area contributed by atoms with Gasteiger partial charge in [0.15, 0.2) is 5.54 Å². The number of nitrogens with zero attached hydrogens (tertiary/aromatic N) is 3. The van der Waals surface area contributed by atoms with Crippen LogP contribution in [0, 0.1) is 11.7 Å². The number of hydrogen-bond donors (Lipinski definition) is 2. The van der Waals surface area contributed by atoms with Crippen LogP contribution in [0.15, 0.2) is 115 Å². The lowest BCUT2D eigenvalue weighted by Gasteiger charge is -2.35. The van der Waals surface area contributed by atoms with Crippen molar-refractivity contribution in [2.75, 3.05) is 25.5 Å². The summed E-state index contributed by atoms with van der Waals surface area (Å²) in [4.78, 5) is 50.1. The van der Waals surface area contributed by atoms with Crippen LogP contribution in [-0.2, 0) is 11.3 Å². The first-order chi connectivity index (χ1) is 24.6. The maximum absolute atomic E-state index is 14.0. The van der Waals surface area contributed by atoms with Crippen LogP contribution < -0.4 is 10.6 Å². The first-order valence-electron chi connectivity index (χ1n) is 17.6. The van der Waals surface area contributed by atoms with E-state index in [-0.39, 0.29) is 36.0 Å². The summed E-state index contributed by atoms with van der Waals surface area (Å²) in [6, 6.07) is 23.1. The van der Waals surface area contributed by atoms with Crippen LogP contribution in [0.2, 0.25) is 0 Å². The predicted octanol–water partition coefficient (Wildman–Crippen LogP) is 7.02. The zero-order valence-corrected chi connectivity index (χ0v) is 29.1. The number of allylic oxidation sites excluding steroid dienone is 4. The van der Waals surface area contributed by atoms with Crippen molar-refractivity contribution in [1.82, 2.24) is 20.1 Å². The average Bonchev–Trinajstić information content (AvgIpc) is 3.83. The van der Waals surface area contributed by atoms with Gasteiger partial charge in [-0.3, -0.25) is 14.4 Å². The quantitative estimate of drug-likeness (QED) is 0.198. The number of fused-ring (bicyclic) bond motifs is 2. The van der Waals surface area contributed by atoms with Crippen LogP contribution in [0.4, 0.5) is 10.2 Å². The Hall–Kier alpha value is -5.41. The van der Waals surface area contributed by atoms with Crippen LogP contribution >= 0.6 is 0 Å². The lowest BCUT2D eigenvalue weighted by Crippen LogP contribution is -2.51. The molecular formula is C42H42FN5O3. The van der Waals surface area contributed by atoms with Crippen molar-refractivity contribution in [2.24, 2.45) is 5.92 Å². The number of piperidine rings is 1. The molecule has 51 heavy (non-hydrogen) atoms. The number of amides is 3. The number of rotatable bonds is 9. The molecule has 2 aliphatic carbocycles. The molecule has 0 spiro atoms. The standard InChI is InChI=1S/C42H42FN5O3/c1-27(2)48-23-21-29(22-24-48)33-9-7-8-10-34(33)40(50)45-38-20-16-30-25-31(15-19-37(30)44-38)39(49)46-42(35-11-5-4-6-12-36(35)42)41(51)47(3)26-28-13-17-32(43)18-14-28/h4-20,25,27,29,35H,21-24,26H2,1-3H3,(H,46,49)(H,44,45,50). The van der Waals surface area contributed by atoms with Gasteiger partial charge >= 0.3 is 0 Å². The molecule has 9 heteroatoms. The van der Waals surface area contributed by atoms with E-state index >= 15 is 0 Å². The number of anilines is 1. The van der Waals surface area contributed by atoms with Crippen molar-refractivity contribution in [1.29, 1.82) is 0 Å². The number of halogens is 1. The van der Waals surface area contributed by atoms with Crippen molar-refractivity contribution in [2.45, 2.75) is 50.7 Å². The Morgan fingerprint density at radius 1 is 0.941 bits per heavy atom. The van der Waals surface area contributed by atoms with Gasteiger partial charge in [-0.25, -0.2) is 9.37 Å². The number of nitrogens with one attached hydrogen (secondary N) is 2. The molecule has 260 valence electrons. The Labute approximate surface area is 297 Å². The predicted molar refractivity (Wildman–Crippen MR) is 198 cm³/mol. The molecule has 3 aromatic carbocycles. The topological polar surface area (TPSA) is 94.6 Å². The molecule has 1 saturated carbocycles. The summed E-state index contributed by atoms with van der Waals surface area (Å²) in [6.45, 7) is 6.74. The van der Waals surface area contributed by atoms with E-state index in [1.54, 1.807) is 48.3 Å². The second kappa shape index (κ2) is 14.1. The second-order valence-electron chi connectivity index (χ2n) is 14.0. The number of aromatic nitrogens is 1. The molecule has 1 aliphatic heterocycles. The Morgan fingerprint density at radius 2 is 1.71 bits per heavy atom. The maximum atomic E-state index is 14.0. The van der Waals surface area contributed by atoms with E-state index in [1.807, 2.05) is 54.6 Å². The second-order valence-corrected chi connectivity index (χ2v) is 14.0. The number of benzene rings is 3. The molecule has 3 aliphatic rings. The zero-order valence-electron chi connectivity index (χ0n) is 29.1. The third kappa shape index (κ3) is 6.86. The van der Waals surface area contributed by atoms with Gasteiger partial charge in [0.2, 0.25) is 0 Å². The minimum Gasteiger partial charge on any atom is -0.339 e. The number of carbonyl (C=O) groups is 3. The molecule has 4 aromatic rings. The number of likely N-dealkylation sites (N-methyl/N-ethyl adjacent to an activating group) is 1. The molecule has 0 bridgehead atoms. The van der Waals surface area contributed by atoms with E-state index in [1.165, 1.54) is 12.1 Å². The van der Waals surface area contributed by atoms with Crippen LogP contribution in [-0.4, -0.2) is 64.2 Å². The van der Waals surface area contributed by atoms with Gasteiger partial charge in [0.05, 0.1) is 5.52 Å². The van der Waals surface area contributed by atoms with Crippen LogP contribution in [0.1, 0.15) is 64.4 Å². The lowest BCUT2D eigenvalue weighted by molar-refractivity contribution is -0.133. The van der Waals surface area contributed by atoms with Crippen molar-refractivity contribution in [3.05, 3.63) is 143 Å². The fourth-order valence-corrected chi connectivity index (χ4v) is 7.51. The highest BCUT2D eigenvalue weighted by Crippen LogP contribution is 2.53. The van der Waals surface area contributed by atoms with E-state index in [2.05, 4.69) is 40.4 Å². The Morgan fingerprint density at radius 3 is 2.47 bits per heavy atom. The van der Waals surface area contributed by atoms with Crippen molar-refractivity contribution >= 4 is 34.4 Å². The highest BCUT2D eigenvalue weighted by Gasteiger charge is 2.66. The number of likely N-dealkylation sites (tertiary alicyclic amines) is 1. The SMILES string of the molecule is CC(C)N1CCC(c2ccccc2C(=O)Nc2ccc3cc(C(=O)NC4(C(=O)N(C)Cc5ccc(F)cc5)C5=CC=CC=CC54)ccc3n2)CC1. The summed E-state index contributed by atoms with van der Waals surface area (Å²) < 4.78 is 13.5. The van der Waals surface area contributed by atoms with E-state index in [9.17, 15) is 18.8 Å². The van der Waals surface area contributed by atoms with Gasteiger partial charge < -0.3 is 20.4 Å². The summed E-state index contributed by atoms with van der Waals surface area (Å²) in [5.74, 6) is -0.711. The normalized spacial score (nSPS) is 20.0. The summed E-state index contributed by atoms with van der Waals surface area (Å²) in [6.07, 6.45) is 11.5. The third-order valence-corrected chi connectivity index (χ3v) is 10.4. The molecule has 0 radical (unpaired) electrons. The molecule has 8 nitrogen and oxygen atoms in total. The lowest BCUT2D eigenvalue weighted by atomic mass is 9.86. The summed E-state index contributed by atoms with van der Waals surface area (Å²) >= 11 is 0. The van der Waals surface area contributed by atoms with Crippen LogP contribution in [0.5, 0.6) is 0 Å². The molecule has 2 heterocycles. The van der Waals surface area contributed by atoms with E-state index in [0.717, 1.165) is 48.0 Å². The molecular weight excluding hydrogens is 641 g/mol. The highest BCUT2D eigenvalue weighted by atomic mass is 19.1. The van der Waals surface area contributed by atoms with Crippen LogP contribution in [0.3, 0.4) is 0 Å². The fraction of sp³-hybridized carbons (Fsp3) is 0.286. The molecule has 7 rings (SSSR count). The van der Waals surface area contributed by atoms with E-state index < -0.39 is 5.54 Å². The molecule has 2 fully saturated rings. The van der Waals surface area contributed by atoms with Crippen molar-refractivity contribution < 1.29 is 18.8 Å². The minimum absolute atomic E-state index is 0.195. The number of carbonyl (C=O) groups excluding carboxylic acids is 3. The molecule has 2 unspecified atom stereocenters.